The lowest BCUT2D eigenvalue weighted by atomic mass is 10.1. The quantitative estimate of drug-likeness (QED) is 0.308. The minimum atomic E-state index is -0.636. The summed E-state index contributed by atoms with van der Waals surface area (Å²) in [6.07, 6.45) is 1.69. The number of carbonyl (C=O) groups is 2. The van der Waals surface area contributed by atoms with E-state index in [4.69, 9.17) is 21.7 Å². The van der Waals surface area contributed by atoms with Gasteiger partial charge in [0.1, 0.15) is 23.1 Å². The van der Waals surface area contributed by atoms with Crippen LogP contribution in [0.4, 0.5) is 10.1 Å². The molecule has 0 spiro atoms. The van der Waals surface area contributed by atoms with E-state index in [2.05, 4.69) is 20.9 Å². The van der Waals surface area contributed by atoms with Crippen LogP contribution in [0.1, 0.15) is 15.9 Å². The van der Waals surface area contributed by atoms with Gasteiger partial charge in [-0.05, 0) is 42.0 Å². The maximum atomic E-state index is 14.8. The third kappa shape index (κ3) is 6.17. The predicted molar refractivity (Wildman–Crippen MR) is 143 cm³/mol. The number of halogens is 1. The number of hydrogen-bond acceptors (Lipinski definition) is 6. The zero-order valence-electron chi connectivity index (χ0n) is 20.0. The number of amides is 2. The summed E-state index contributed by atoms with van der Waals surface area (Å²) in [7, 11) is 2.98. The Bertz CT molecular complexity index is 1480. The van der Waals surface area contributed by atoms with Crippen LogP contribution < -0.4 is 25.4 Å². The molecule has 1 heterocycles. The first-order chi connectivity index (χ1) is 17.9. The molecule has 3 aromatic carbocycles. The zero-order valence-corrected chi connectivity index (χ0v) is 20.8. The van der Waals surface area contributed by atoms with E-state index in [-0.39, 0.29) is 34.8 Å². The van der Waals surface area contributed by atoms with Gasteiger partial charge in [-0.15, -0.1) is 0 Å². The van der Waals surface area contributed by atoms with Crippen LogP contribution in [0.5, 0.6) is 17.2 Å². The molecule has 0 fully saturated rings. The van der Waals surface area contributed by atoms with Crippen LogP contribution in [0.15, 0.2) is 72.9 Å². The third-order valence-electron chi connectivity index (χ3n) is 5.37. The average molecular weight is 519 g/mol. The van der Waals surface area contributed by atoms with Gasteiger partial charge in [-0.25, -0.2) is 4.39 Å². The van der Waals surface area contributed by atoms with Gasteiger partial charge in [-0.2, -0.15) is 0 Å². The number of benzene rings is 3. The maximum Gasteiger partial charge on any atom is 0.254 e. The topological polar surface area (TPSA) is 102 Å². The molecule has 0 aliphatic rings. The normalized spacial score (nSPS) is 10.5. The van der Waals surface area contributed by atoms with Gasteiger partial charge in [-0.3, -0.25) is 14.6 Å². The first kappa shape index (κ1) is 25.5. The molecule has 188 valence electrons. The summed E-state index contributed by atoms with van der Waals surface area (Å²) in [5.41, 5.74) is 1.75. The van der Waals surface area contributed by atoms with Gasteiger partial charge in [0, 0.05) is 30.8 Å². The number of nitrogens with one attached hydrogen (secondary N) is 3. The van der Waals surface area contributed by atoms with Crippen LogP contribution in [0, 0.1) is 5.82 Å². The molecule has 4 rings (SSSR count). The maximum absolute atomic E-state index is 14.8. The highest BCUT2D eigenvalue weighted by atomic mass is 32.1. The fourth-order valence-electron chi connectivity index (χ4n) is 3.61. The largest absolute Gasteiger partial charge is 0.496 e. The number of nitrogens with zero attached hydrogens (tertiary/aromatic N) is 1. The standard InChI is InChI=1S/C27H23FN4O4S/c1-29-26(34)19-14-18-22(15-24(19)35-2)30-11-10-23(18)36-17-8-9-21(20(28)13-17)31-27(37)32-25(33)12-16-6-4-3-5-7-16/h3-11,13-15H,12H2,1-2H3,(H,29,34)(H2,31,32,33,37). The van der Waals surface area contributed by atoms with Crippen molar-refractivity contribution in [3.8, 4) is 17.2 Å². The number of methoxy groups -OCH3 is 1. The summed E-state index contributed by atoms with van der Waals surface area (Å²) in [5.74, 6) is -0.329. The Morgan fingerprint density at radius 3 is 2.51 bits per heavy atom. The fourth-order valence-corrected chi connectivity index (χ4v) is 3.84. The smallest absolute Gasteiger partial charge is 0.254 e. The van der Waals surface area contributed by atoms with Crippen molar-refractivity contribution in [1.82, 2.24) is 15.6 Å². The Kier molecular flexibility index (Phi) is 7.89. The number of thiocarbonyl (C=S) groups is 1. The summed E-state index contributed by atoms with van der Waals surface area (Å²) in [6, 6.07) is 18.2. The first-order valence-corrected chi connectivity index (χ1v) is 11.6. The lowest BCUT2D eigenvalue weighted by molar-refractivity contribution is -0.119. The van der Waals surface area contributed by atoms with Crippen LogP contribution in [0.3, 0.4) is 0 Å². The van der Waals surface area contributed by atoms with Gasteiger partial charge in [0.25, 0.3) is 5.91 Å². The number of rotatable bonds is 7. The highest BCUT2D eigenvalue weighted by Gasteiger charge is 2.16. The Labute approximate surface area is 217 Å². The molecule has 0 atom stereocenters. The van der Waals surface area contributed by atoms with Gasteiger partial charge in [-0.1, -0.05) is 30.3 Å². The highest BCUT2D eigenvalue weighted by Crippen LogP contribution is 2.34. The minimum absolute atomic E-state index is 0.0238. The average Bonchev–Trinajstić information content (AvgIpc) is 2.89. The second kappa shape index (κ2) is 11.4. The lowest BCUT2D eigenvalue weighted by Gasteiger charge is -2.14. The van der Waals surface area contributed by atoms with Gasteiger partial charge in [0.05, 0.1) is 30.3 Å². The molecule has 0 saturated heterocycles. The molecule has 0 unspecified atom stereocenters. The van der Waals surface area contributed by atoms with Crippen LogP contribution >= 0.6 is 12.2 Å². The van der Waals surface area contributed by atoms with Crippen LogP contribution in [0.25, 0.3) is 10.9 Å². The van der Waals surface area contributed by atoms with Crippen LogP contribution in [0.2, 0.25) is 0 Å². The van der Waals surface area contributed by atoms with Gasteiger partial charge < -0.3 is 25.4 Å². The third-order valence-corrected chi connectivity index (χ3v) is 5.58. The number of pyridine rings is 1. The lowest BCUT2D eigenvalue weighted by Crippen LogP contribution is -2.35. The molecule has 0 saturated carbocycles. The summed E-state index contributed by atoms with van der Waals surface area (Å²) >= 11 is 5.15. The molecule has 1 aromatic heterocycles. The van der Waals surface area contributed by atoms with E-state index in [0.29, 0.717) is 28.0 Å². The van der Waals surface area contributed by atoms with Gasteiger partial charge in [0.2, 0.25) is 5.91 Å². The SMILES string of the molecule is CNC(=O)c1cc2c(Oc3ccc(NC(=S)NC(=O)Cc4ccccc4)c(F)c3)ccnc2cc1OC. The summed E-state index contributed by atoms with van der Waals surface area (Å²) < 4.78 is 26.1. The number of fused-ring (bicyclic) bond motifs is 1. The number of hydrogen-bond donors (Lipinski definition) is 3. The van der Waals surface area contributed by atoms with Crippen LogP contribution in [-0.4, -0.2) is 36.1 Å². The van der Waals surface area contributed by atoms with Crippen molar-refractivity contribution in [3.63, 3.8) is 0 Å². The molecule has 0 aliphatic heterocycles. The molecule has 37 heavy (non-hydrogen) atoms. The molecule has 10 heteroatoms. The number of ether oxygens (including phenoxy) is 2. The molecule has 4 aromatic rings. The summed E-state index contributed by atoms with van der Waals surface area (Å²) in [4.78, 5) is 28.8. The van der Waals surface area contributed by atoms with Crippen molar-refractivity contribution in [3.05, 3.63) is 89.9 Å². The van der Waals surface area contributed by atoms with Crippen molar-refractivity contribution in [2.24, 2.45) is 0 Å². The van der Waals surface area contributed by atoms with E-state index in [9.17, 15) is 14.0 Å². The molecular weight excluding hydrogens is 495 g/mol. The first-order valence-electron chi connectivity index (χ1n) is 11.2. The summed E-state index contributed by atoms with van der Waals surface area (Å²) in [6.45, 7) is 0. The molecule has 0 bridgehead atoms. The van der Waals surface area contributed by atoms with E-state index in [0.717, 1.165) is 5.56 Å². The van der Waals surface area contributed by atoms with E-state index >= 15 is 0 Å². The van der Waals surface area contributed by atoms with Crippen molar-refractivity contribution >= 4 is 45.7 Å². The number of carbonyl (C=O) groups excluding carboxylic acids is 2. The van der Waals surface area contributed by atoms with Gasteiger partial charge in [0.15, 0.2) is 5.11 Å². The number of anilines is 1. The minimum Gasteiger partial charge on any atom is -0.496 e. The number of aromatic nitrogens is 1. The van der Waals surface area contributed by atoms with E-state index in [1.54, 1.807) is 30.5 Å². The molecule has 3 N–H and O–H groups in total. The molecule has 0 aliphatic carbocycles. The molecule has 8 nitrogen and oxygen atoms in total. The van der Waals surface area contributed by atoms with E-state index < -0.39 is 5.82 Å². The predicted octanol–water partition coefficient (Wildman–Crippen LogP) is 4.59. The fraction of sp³-hybridized carbons (Fsp3) is 0.111. The Balaban J connectivity index is 1.48. The summed E-state index contributed by atoms with van der Waals surface area (Å²) in [5, 5.41) is 8.32. The molecule has 0 radical (unpaired) electrons. The van der Waals surface area contributed by atoms with Crippen molar-refractivity contribution < 1.29 is 23.5 Å². The second-order valence-corrected chi connectivity index (χ2v) is 8.27. The van der Waals surface area contributed by atoms with Crippen molar-refractivity contribution in [2.45, 2.75) is 6.42 Å². The monoisotopic (exact) mass is 518 g/mol. The van der Waals surface area contributed by atoms with Crippen molar-refractivity contribution in [2.75, 3.05) is 19.5 Å². The van der Waals surface area contributed by atoms with Crippen molar-refractivity contribution in [1.29, 1.82) is 0 Å². The van der Waals surface area contributed by atoms with E-state index in [1.165, 1.54) is 26.3 Å². The van der Waals surface area contributed by atoms with Crippen LogP contribution in [-0.2, 0) is 11.2 Å². The Morgan fingerprint density at radius 2 is 1.81 bits per heavy atom. The molecule has 2 amide bonds. The van der Waals surface area contributed by atoms with E-state index in [1.807, 2.05) is 30.3 Å². The molecular formula is C27H23FN4O4S. The van der Waals surface area contributed by atoms with Gasteiger partial charge >= 0.3 is 0 Å². The zero-order chi connectivity index (χ0) is 26.4. The second-order valence-electron chi connectivity index (χ2n) is 7.87. The Morgan fingerprint density at radius 1 is 1.03 bits per heavy atom. The Hall–Kier alpha value is -4.57. The highest BCUT2D eigenvalue weighted by molar-refractivity contribution is 7.80.